The molecule has 0 atom stereocenters. The lowest BCUT2D eigenvalue weighted by Gasteiger charge is -2.25. The number of carbonyl (C=O) groups is 1. The third-order valence-corrected chi connectivity index (χ3v) is 10.7. The molecule has 0 spiro atoms. The molecule has 9 aromatic rings. The van der Waals surface area contributed by atoms with E-state index in [0.29, 0.717) is 11.1 Å². The summed E-state index contributed by atoms with van der Waals surface area (Å²) in [5.74, 6) is 0.0391. The predicted molar refractivity (Wildman–Crippen MR) is 226 cm³/mol. The van der Waals surface area contributed by atoms with E-state index in [2.05, 4.69) is 175 Å². The Hall–Kier alpha value is -6.97. The summed E-state index contributed by atoms with van der Waals surface area (Å²) in [6.07, 6.45) is 0. The molecular formula is C51H38N2O. The zero-order valence-electron chi connectivity index (χ0n) is 30.3. The maximum absolute atomic E-state index is 13.0. The number of benzene rings is 8. The summed E-state index contributed by atoms with van der Waals surface area (Å²) in [7, 11) is 0. The van der Waals surface area contributed by atoms with E-state index in [1.165, 1.54) is 49.6 Å². The van der Waals surface area contributed by atoms with Gasteiger partial charge in [-0.15, -0.1) is 0 Å². The first kappa shape index (κ1) is 32.9. The van der Waals surface area contributed by atoms with E-state index in [4.69, 9.17) is 0 Å². The summed E-state index contributed by atoms with van der Waals surface area (Å²) in [5.41, 5.74) is 15.4. The van der Waals surface area contributed by atoms with Crippen molar-refractivity contribution in [2.75, 3.05) is 4.90 Å². The predicted octanol–water partition coefficient (Wildman–Crippen LogP) is 13.4. The van der Waals surface area contributed by atoms with Gasteiger partial charge in [0.15, 0.2) is 5.78 Å². The molecule has 0 unspecified atom stereocenters. The van der Waals surface area contributed by atoms with Crippen molar-refractivity contribution in [1.29, 1.82) is 0 Å². The highest BCUT2D eigenvalue weighted by molar-refractivity contribution is 6.11. The van der Waals surface area contributed by atoms with Gasteiger partial charge in [-0.25, -0.2) is 0 Å². The van der Waals surface area contributed by atoms with E-state index in [0.717, 1.165) is 28.3 Å². The Morgan fingerprint density at radius 1 is 0.426 bits per heavy atom. The van der Waals surface area contributed by atoms with E-state index < -0.39 is 0 Å². The van der Waals surface area contributed by atoms with Crippen molar-refractivity contribution >= 4 is 44.7 Å². The Morgan fingerprint density at radius 3 is 1.50 bits per heavy atom. The minimum Gasteiger partial charge on any atom is -0.310 e. The molecule has 0 bridgehead atoms. The van der Waals surface area contributed by atoms with E-state index >= 15 is 0 Å². The van der Waals surface area contributed by atoms with Gasteiger partial charge in [-0.3, -0.25) is 4.79 Å². The van der Waals surface area contributed by atoms with Crippen molar-refractivity contribution in [2.24, 2.45) is 0 Å². The SMILES string of the molecule is Cc1c(-c2ccc(C(=O)c3ccccc3)cc2)ccc(-c2ccc(-n3c4ccccc4c4cc(N(c5ccccc5)c5ccccc5)ccc43)cc2)c1C. The molecule has 54 heavy (non-hydrogen) atoms. The number of carbonyl (C=O) groups excluding carboxylic acids is 1. The lowest BCUT2D eigenvalue weighted by molar-refractivity contribution is 0.103. The number of nitrogens with zero attached hydrogens (tertiary/aromatic N) is 2. The van der Waals surface area contributed by atoms with Gasteiger partial charge >= 0.3 is 0 Å². The van der Waals surface area contributed by atoms with Crippen molar-refractivity contribution in [1.82, 2.24) is 4.57 Å². The first-order valence-corrected chi connectivity index (χ1v) is 18.4. The monoisotopic (exact) mass is 694 g/mol. The van der Waals surface area contributed by atoms with Gasteiger partial charge in [0.2, 0.25) is 0 Å². The molecule has 3 nitrogen and oxygen atoms in total. The second-order valence-corrected chi connectivity index (χ2v) is 13.8. The van der Waals surface area contributed by atoms with Gasteiger partial charge in [-0.1, -0.05) is 133 Å². The van der Waals surface area contributed by atoms with Gasteiger partial charge in [0.05, 0.1) is 11.0 Å². The molecular weight excluding hydrogens is 657 g/mol. The minimum atomic E-state index is 0.0391. The smallest absolute Gasteiger partial charge is 0.193 e. The van der Waals surface area contributed by atoms with Crippen LogP contribution in [0.4, 0.5) is 17.1 Å². The third kappa shape index (κ3) is 5.86. The van der Waals surface area contributed by atoms with Crippen LogP contribution in [0, 0.1) is 13.8 Å². The van der Waals surface area contributed by atoms with Crippen molar-refractivity contribution in [2.45, 2.75) is 13.8 Å². The summed E-state index contributed by atoms with van der Waals surface area (Å²) < 4.78 is 2.38. The normalized spacial score (nSPS) is 11.2. The topological polar surface area (TPSA) is 25.2 Å². The molecule has 8 aromatic carbocycles. The maximum atomic E-state index is 13.0. The Labute approximate surface area is 316 Å². The van der Waals surface area contributed by atoms with Crippen LogP contribution in [0.25, 0.3) is 49.7 Å². The molecule has 9 rings (SSSR count). The standard InChI is InChI=1S/C51H38N2O/c1-35-36(2)46(32-31-45(35)37-22-24-40(25-23-37)51(54)39-14-6-3-7-15-39)38-26-28-43(29-27-38)53-49-21-13-12-20-47(49)48-34-44(30-33-50(48)53)52(41-16-8-4-9-17-41)42-18-10-5-11-19-42/h3-34H,1-2H3. The van der Waals surface area contributed by atoms with Crippen molar-refractivity contribution in [3.05, 3.63) is 216 Å². The fourth-order valence-corrected chi connectivity index (χ4v) is 7.77. The highest BCUT2D eigenvalue weighted by Crippen LogP contribution is 2.40. The van der Waals surface area contributed by atoms with E-state index in [9.17, 15) is 4.79 Å². The number of rotatable bonds is 8. The molecule has 0 aliphatic heterocycles. The molecule has 0 saturated carbocycles. The number of fused-ring (bicyclic) bond motifs is 3. The molecule has 0 radical (unpaired) electrons. The molecule has 0 aliphatic carbocycles. The second-order valence-electron chi connectivity index (χ2n) is 13.8. The van der Waals surface area contributed by atoms with Crippen LogP contribution in [0.3, 0.4) is 0 Å². The van der Waals surface area contributed by atoms with Crippen LogP contribution in [-0.4, -0.2) is 10.4 Å². The van der Waals surface area contributed by atoms with Crippen LogP contribution in [0.2, 0.25) is 0 Å². The zero-order chi connectivity index (χ0) is 36.6. The molecule has 1 heterocycles. The second kappa shape index (κ2) is 13.9. The van der Waals surface area contributed by atoms with E-state index in [1.807, 2.05) is 42.5 Å². The van der Waals surface area contributed by atoms with Gasteiger partial charge in [-0.2, -0.15) is 0 Å². The largest absolute Gasteiger partial charge is 0.310 e. The zero-order valence-corrected chi connectivity index (χ0v) is 30.3. The quantitative estimate of drug-likeness (QED) is 0.148. The average Bonchev–Trinajstić information content (AvgIpc) is 3.57. The fraction of sp³-hybridized carbons (Fsp3) is 0.0392. The van der Waals surface area contributed by atoms with Gasteiger partial charge < -0.3 is 9.47 Å². The molecule has 258 valence electrons. The van der Waals surface area contributed by atoms with Gasteiger partial charge in [0.25, 0.3) is 0 Å². The van der Waals surface area contributed by atoms with Crippen LogP contribution < -0.4 is 4.90 Å². The molecule has 0 aliphatic rings. The summed E-state index contributed by atoms with van der Waals surface area (Å²) in [6.45, 7) is 4.39. The van der Waals surface area contributed by atoms with Crippen molar-refractivity contribution < 1.29 is 4.79 Å². The minimum absolute atomic E-state index is 0.0391. The van der Waals surface area contributed by atoms with Gasteiger partial charge in [0, 0.05) is 44.6 Å². The molecule has 0 N–H and O–H groups in total. The summed E-state index contributed by atoms with van der Waals surface area (Å²) in [6, 6.07) is 67.4. The van der Waals surface area contributed by atoms with E-state index in [-0.39, 0.29) is 5.78 Å². The Bertz CT molecular complexity index is 2730. The Balaban J connectivity index is 1.05. The van der Waals surface area contributed by atoms with Crippen LogP contribution in [-0.2, 0) is 0 Å². The summed E-state index contributed by atoms with van der Waals surface area (Å²) in [4.78, 5) is 15.3. The number of anilines is 3. The highest BCUT2D eigenvalue weighted by Gasteiger charge is 2.18. The number of para-hydroxylation sites is 3. The summed E-state index contributed by atoms with van der Waals surface area (Å²) >= 11 is 0. The molecule has 0 amide bonds. The number of ketones is 1. The molecule has 0 fully saturated rings. The lowest BCUT2D eigenvalue weighted by Crippen LogP contribution is -2.09. The lowest BCUT2D eigenvalue weighted by atomic mass is 9.90. The Kier molecular flexibility index (Phi) is 8.45. The van der Waals surface area contributed by atoms with Crippen LogP contribution in [0.5, 0.6) is 0 Å². The first-order valence-electron chi connectivity index (χ1n) is 18.4. The van der Waals surface area contributed by atoms with Crippen molar-refractivity contribution in [3.8, 4) is 27.9 Å². The average molecular weight is 695 g/mol. The summed E-state index contributed by atoms with van der Waals surface area (Å²) in [5, 5.41) is 2.43. The van der Waals surface area contributed by atoms with Crippen LogP contribution in [0.15, 0.2) is 194 Å². The molecule has 1 aromatic heterocycles. The third-order valence-electron chi connectivity index (χ3n) is 10.7. The fourth-order valence-electron chi connectivity index (χ4n) is 7.77. The number of aromatic nitrogens is 1. The van der Waals surface area contributed by atoms with Gasteiger partial charge in [0.1, 0.15) is 0 Å². The van der Waals surface area contributed by atoms with Gasteiger partial charge in [-0.05, 0) is 108 Å². The van der Waals surface area contributed by atoms with Crippen LogP contribution in [0.1, 0.15) is 27.0 Å². The van der Waals surface area contributed by atoms with Crippen molar-refractivity contribution in [3.63, 3.8) is 0 Å². The highest BCUT2D eigenvalue weighted by atomic mass is 16.1. The van der Waals surface area contributed by atoms with E-state index in [1.54, 1.807) is 0 Å². The maximum Gasteiger partial charge on any atom is 0.193 e. The molecule has 3 heteroatoms. The van der Waals surface area contributed by atoms with Crippen LogP contribution >= 0.6 is 0 Å². The molecule has 0 saturated heterocycles. The number of hydrogen-bond acceptors (Lipinski definition) is 2. The number of hydrogen-bond donors (Lipinski definition) is 0. The first-order chi connectivity index (χ1) is 26.5. The Morgan fingerprint density at radius 2 is 0.907 bits per heavy atom.